The third kappa shape index (κ3) is 7.96. The zero-order chi connectivity index (χ0) is 49.9. The van der Waals surface area contributed by atoms with Crippen LogP contribution in [-0.4, -0.2) is 0 Å². The monoisotopic (exact) mass is 941 g/mol. The molecule has 0 N–H and O–H groups in total. The van der Waals surface area contributed by atoms with Crippen LogP contribution < -0.4 is 4.90 Å². The summed E-state index contributed by atoms with van der Waals surface area (Å²) in [4.78, 5) is 2.47. The number of benzene rings is 8. The lowest BCUT2D eigenvalue weighted by molar-refractivity contribution is 0.451. The van der Waals surface area contributed by atoms with Crippen molar-refractivity contribution in [1.29, 1.82) is 0 Å². The molecule has 3 aliphatic carbocycles. The molecular weight excluding hydrogens is 879 g/mol. The highest BCUT2D eigenvalue weighted by Gasteiger charge is 2.59. The standard InChI is InChI=1S/C72H63N/c1-6-24-54(25-7-2)55-43-45-59(46-44-55)73(58(26-8-3)33-23-28-53-42-41-52(5)63(49-53)61-34-16-15-27-51(61)4)60-47-48-66-64(50-60)62-35-17-18-36-65(62)72(66)69-39-21-19-37-67(69)71(56-29-11-9-12-30-56,57-31-13-10-14-32-57)68-38-20-22-40-70(68)72/h6,8-47,49-50,66H,7,48H2,1-5H3/b24-6-,26-8-,28-23+,54-25+,58-33+. The minimum absolute atomic E-state index is 0.144. The van der Waals surface area contributed by atoms with E-state index < -0.39 is 10.8 Å². The molecule has 0 amide bonds. The van der Waals surface area contributed by atoms with E-state index in [0.717, 1.165) is 24.2 Å². The summed E-state index contributed by atoms with van der Waals surface area (Å²) in [5.74, 6) is 0.144. The number of aryl methyl sites for hydroxylation is 2. The largest absolute Gasteiger partial charge is 0.311 e. The summed E-state index contributed by atoms with van der Waals surface area (Å²) < 4.78 is 0. The van der Waals surface area contributed by atoms with Crippen molar-refractivity contribution in [2.75, 3.05) is 4.90 Å². The number of rotatable bonds is 12. The first-order valence-corrected chi connectivity index (χ1v) is 26.2. The Morgan fingerprint density at radius 2 is 1.12 bits per heavy atom. The quantitative estimate of drug-likeness (QED) is 0.110. The Balaban J connectivity index is 1.08. The van der Waals surface area contributed by atoms with Crippen LogP contribution in [0, 0.1) is 19.8 Å². The fourth-order valence-electron chi connectivity index (χ4n) is 12.7. The fourth-order valence-corrected chi connectivity index (χ4v) is 12.7. The van der Waals surface area contributed by atoms with Crippen LogP contribution in [-0.2, 0) is 10.8 Å². The second kappa shape index (κ2) is 20.1. The van der Waals surface area contributed by atoms with E-state index >= 15 is 0 Å². The number of fused-ring (bicyclic) bond motifs is 9. The summed E-state index contributed by atoms with van der Waals surface area (Å²) in [6.07, 6.45) is 24.7. The lowest BCUT2D eigenvalue weighted by atomic mass is 9.50. The van der Waals surface area contributed by atoms with Crippen molar-refractivity contribution in [1.82, 2.24) is 0 Å². The molecule has 8 aromatic rings. The third-order valence-corrected chi connectivity index (χ3v) is 15.7. The van der Waals surface area contributed by atoms with E-state index in [1.807, 2.05) is 0 Å². The van der Waals surface area contributed by atoms with Crippen LogP contribution in [0.2, 0.25) is 0 Å². The maximum atomic E-state index is 2.52. The molecular formula is C72H63N. The van der Waals surface area contributed by atoms with E-state index in [4.69, 9.17) is 0 Å². The van der Waals surface area contributed by atoms with E-state index in [1.54, 1.807) is 0 Å². The van der Waals surface area contributed by atoms with Crippen molar-refractivity contribution >= 4 is 22.9 Å². The average molecular weight is 942 g/mol. The summed E-state index contributed by atoms with van der Waals surface area (Å²) in [7, 11) is 0. The van der Waals surface area contributed by atoms with E-state index in [1.165, 1.54) is 94.7 Å². The minimum Gasteiger partial charge on any atom is -0.311 e. The summed E-state index contributed by atoms with van der Waals surface area (Å²) in [6, 6.07) is 75.2. The summed E-state index contributed by atoms with van der Waals surface area (Å²) in [5.41, 5.74) is 23.2. The third-order valence-electron chi connectivity index (χ3n) is 15.7. The molecule has 0 aromatic heterocycles. The normalized spacial score (nSPS) is 16.5. The molecule has 0 aliphatic heterocycles. The van der Waals surface area contributed by atoms with Gasteiger partial charge in [-0.05, 0) is 166 Å². The molecule has 356 valence electrons. The Morgan fingerprint density at radius 1 is 0.562 bits per heavy atom. The number of hydrogen-bond donors (Lipinski definition) is 0. The van der Waals surface area contributed by atoms with Gasteiger partial charge in [-0.1, -0.05) is 231 Å². The number of allylic oxidation sites excluding steroid dienone is 11. The van der Waals surface area contributed by atoms with Gasteiger partial charge in [0, 0.05) is 23.0 Å². The Kier molecular flexibility index (Phi) is 13.0. The van der Waals surface area contributed by atoms with Crippen molar-refractivity contribution in [2.45, 2.75) is 58.3 Å². The van der Waals surface area contributed by atoms with E-state index in [0.29, 0.717) is 0 Å². The SMILES string of the molecule is C/C=C\C(=C/CC)c1ccc(N(C2=CCC3C(=C2)c2ccccc2C32c3ccccc3C(c3ccccc3)(c3ccccc3)c3ccccc32)C(/C=C\C)=C/C=C/c2ccc(C)c(-c3ccccc3C)c2)cc1. The van der Waals surface area contributed by atoms with Crippen LogP contribution >= 0.6 is 0 Å². The van der Waals surface area contributed by atoms with Gasteiger partial charge in [-0.25, -0.2) is 0 Å². The number of anilines is 1. The molecule has 0 heterocycles. The molecule has 0 fully saturated rings. The number of hydrogen-bond acceptors (Lipinski definition) is 1. The van der Waals surface area contributed by atoms with Crippen molar-refractivity contribution in [3.8, 4) is 11.1 Å². The zero-order valence-corrected chi connectivity index (χ0v) is 42.8. The molecule has 0 saturated heterocycles. The van der Waals surface area contributed by atoms with Crippen LogP contribution in [0.15, 0.2) is 266 Å². The van der Waals surface area contributed by atoms with E-state index in [-0.39, 0.29) is 5.92 Å². The van der Waals surface area contributed by atoms with Crippen molar-refractivity contribution in [3.05, 3.63) is 333 Å². The van der Waals surface area contributed by atoms with E-state index in [2.05, 4.69) is 300 Å². The molecule has 0 bridgehead atoms. The molecule has 0 radical (unpaired) electrons. The van der Waals surface area contributed by atoms with Crippen LogP contribution in [0.5, 0.6) is 0 Å². The number of nitrogens with zero attached hydrogens (tertiary/aromatic N) is 1. The molecule has 1 unspecified atom stereocenters. The van der Waals surface area contributed by atoms with Crippen molar-refractivity contribution in [2.24, 2.45) is 5.92 Å². The maximum Gasteiger partial charge on any atom is 0.0707 e. The molecule has 11 rings (SSSR count). The molecule has 3 aliphatic rings. The minimum atomic E-state index is -0.527. The van der Waals surface area contributed by atoms with E-state index in [9.17, 15) is 0 Å². The first-order chi connectivity index (χ1) is 35.9. The predicted octanol–water partition coefficient (Wildman–Crippen LogP) is 18.4. The molecule has 73 heavy (non-hydrogen) atoms. The Bertz CT molecular complexity index is 3460. The lowest BCUT2D eigenvalue weighted by Crippen LogP contribution is -2.47. The molecule has 1 heteroatoms. The van der Waals surface area contributed by atoms with Crippen LogP contribution in [0.25, 0.3) is 28.3 Å². The first-order valence-electron chi connectivity index (χ1n) is 26.2. The first kappa shape index (κ1) is 47.1. The zero-order valence-electron chi connectivity index (χ0n) is 42.8. The molecule has 1 atom stereocenters. The molecule has 0 saturated carbocycles. The topological polar surface area (TPSA) is 3.24 Å². The summed E-state index contributed by atoms with van der Waals surface area (Å²) in [6.45, 7) is 10.8. The molecule has 8 aromatic carbocycles. The Hall–Kier alpha value is -8.26. The van der Waals surface area contributed by atoms with Crippen LogP contribution in [0.1, 0.15) is 100 Å². The Morgan fingerprint density at radius 3 is 1.74 bits per heavy atom. The lowest BCUT2D eigenvalue weighted by Gasteiger charge is -2.51. The second-order valence-corrected chi connectivity index (χ2v) is 19.7. The van der Waals surface area contributed by atoms with Crippen molar-refractivity contribution < 1.29 is 0 Å². The van der Waals surface area contributed by atoms with Gasteiger partial charge >= 0.3 is 0 Å². The van der Waals surface area contributed by atoms with Crippen LogP contribution in [0.3, 0.4) is 0 Å². The van der Waals surface area contributed by atoms with Gasteiger partial charge in [0.15, 0.2) is 0 Å². The van der Waals surface area contributed by atoms with Gasteiger partial charge in [0.05, 0.1) is 10.8 Å². The smallest absolute Gasteiger partial charge is 0.0707 e. The van der Waals surface area contributed by atoms with Gasteiger partial charge in [-0.3, -0.25) is 0 Å². The van der Waals surface area contributed by atoms with Gasteiger partial charge in [0.1, 0.15) is 0 Å². The molecule has 1 nitrogen and oxygen atoms in total. The second-order valence-electron chi connectivity index (χ2n) is 19.7. The maximum absolute atomic E-state index is 2.52. The summed E-state index contributed by atoms with van der Waals surface area (Å²) >= 11 is 0. The summed E-state index contributed by atoms with van der Waals surface area (Å²) in [5, 5.41) is 0. The van der Waals surface area contributed by atoms with Gasteiger partial charge in [-0.15, -0.1) is 0 Å². The highest BCUT2D eigenvalue weighted by molar-refractivity contribution is 5.89. The predicted molar refractivity (Wildman–Crippen MR) is 311 cm³/mol. The highest BCUT2D eigenvalue weighted by Crippen LogP contribution is 2.66. The fraction of sp³-hybridized carbons (Fsp3) is 0.139. The highest BCUT2D eigenvalue weighted by atomic mass is 15.2. The molecule has 1 spiro atoms. The van der Waals surface area contributed by atoms with Gasteiger partial charge in [-0.2, -0.15) is 0 Å². The van der Waals surface area contributed by atoms with Gasteiger partial charge < -0.3 is 4.90 Å². The van der Waals surface area contributed by atoms with Crippen LogP contribution in [0.4, 0.5) is 5.69 Å². The Labute approximate surface area is 434 Å². The van der Waals surface area contributed by atoms with Gasteiger partial charge in [0.25, 0.3) is 0 Å². The average Bonchev–Trinajstić information content (AvgIpc) is 3.73. The van der Waals surface area contributed by atoms with Crippen molar-refractivity contribution in [3.63, 3.8) is 0 Å². The van der Waals surface area contributed by atoms with Gasteiger partial charge in [0.2, 0.25) is 0 Å².